The van der Waals surface area contributed by atoms with E-state index < -0.39 is 0 Å². The summed E-state index contributed by atoms with van der Waals surface area (Å²) in [5.41, 5.74) is 0. The molecule has 1 aromatic rings. The average molecular weight is 385 g/mol. The van der Waals surface area contributed by atoms with E-state index in [0.717, 1.165) is 31.8 Å². The van der Waals surface area contributed by atoms with Gasteiger partial charge in [-0.1, -0.05) is 11.6 Å². The van der Waals surface area contributed by atoms with E-state index >= 15 is 0 Å². The standard InChI is InChI=1S/C18H29ClN4O3/c1-4-26-18(25)9-11-23-15(19)12-20-16(23)7-8-17(24)22-10-5-6-14(13-22)21(2)3/h12,14H,4-11,13H2,1-3H3. The topological polar surface area (TPSA) is 67.7 Å². The molecule has 1 unspecified atom stereocenters. The fraction of sp³-hybridized carbons (Fsp3) is 0.722. The third kappa shape index (κ3) is 5.71. The maximum atomic E-state index is 12.6. The van der Waals surface area contributed by atoms with Gasteiger partial charge in [-0.05, 0) is 33.9 Å². The van der Waals surface area contributed by atoms with Crippen molar-refractivity contribution in [2.45, 2.75) is 51.6 Å². The minimum Gasteiger partial charge on any atom is -0.466 e. The molecular weight excluding hydrogens is 356 g/mol. The number of hydrogen-bond donors (Lipinski definition) is 0. The number of aryl methyl sites for hydroxylation is 1. The lowest BCUT2D eigenvalue weighted by Crippen LogP contribution is -2.47. The van der Waals surface area contributed by atoms with E-state index in [-0.39, 0.29) is 18.3 Å². The molecule has 1 aliphatic rings. The molecule has 0 aliphatic carbocycles. The first-order chi connectivity index (χ1) is 12.4. The van der Waals surface area contributed by atoms with E-state index in [1.165, 1.54) is 0 Å². The monoisotopic (exact) mass is 384 g/mol. The van der Waals surface area contributed by atoms with Crippen LogP contribution in [-0.2, 0) is 27.3 Å². The number of amides is 1. The highest BCUT2D eigenvalue weighted by Crippen LogP contribution is 2.17. The van der Waals surface area contributed by atoms with Crippen molar-refractivity contribution >= 4 is 23.5 Å². The lowest BCUT2D eigenvalue weighted by molar-refractivity contribution is -0.143. The number of imidazole rings is 1. The summed E-state index contributed by atoms with van der Waals surface area (Å²) in [6.07, 6.45) is 4.88. The Hall–Kier alpha value is -1.60. The number of hydrogen-bond acceptors (Lipinski definition) is 5. The van der Waals surface area contributed by atoms with Crippen LogP contribution in [0.15, 0.2) is 6.20 Å². The van der Waals surface area contributed by atoms with Gasteiger partial charge in [0.25, 0.3) is 0 Å². The zero-order chi connectivity index (χ0) is 19.1. The Morgan fingerprint density at radius 3 is 2.85 bits per heavy atom. The van der Waals surface area contributed by atoms with Gasteiger partial charge in [-0.25, -0.2) is 4.98 Å². The number of piperidine rings is 1. The Labute approximate surface area is 160 Å². The summed E-state index contributed by atoms with van der Waals surface area (Å²) >= 11 is 6.17. The molecule has 0 bridgehead atoms. The second-order valence-electron chi connectivity index (χ2n) is 6.80. The quantitative estimate of drug-likeness (QED) is 0.641. The molecule has 1 fully saturated rings. The summed E-state index contributed by atoms with van der Waals surface area (Å²) in [4.78, 5) is 32.6. The summed E-state index contributed by atoms with van der Waals surface area (Å²) in [7, 11) is 4.11. The van der Waals surface area contributed by atoms with Crippen molar-refractivity contribution in [3.8, 4) is 0 Å². The first-order valence-corrected chi connectivity index (χ1v) is 9.59. The van der Waals surface area contributed by atoms with Crippen LogP contribution in [-0.4, -0.2) is 71.1 Å². The van der Waals surface area contributed by atoms with E-state index in [1.807, 2.05) is 4.90 Å². The normalized spacial score (nSPS) is 17.6. The molecule has 0 spiro atoms. The van der Waals surface area contributed by atoms with Gasteiger partial charge in [-0.3, -0.25) is 9.59 Å². The lowest BCUT2D eigenvalue weighted by atomic mass is 10.0. The summed E-state index contributed by atoms with van der Waals surface area (Å²) < 4.78 is 6.73. The van der Waals surface area contributed by atoms with Gasteiger partial charge in [0, 0.05) is 38.5 Å². The van der Waals surface area contributed by atoms with E-state index in [4.69, 9.17) is 16.3 Å². The molecule has 1 aromatic heterocycles. The predicted octanol–water partition coefficient (Wildman–Crippen LogP) is 1.97. The van der Waals surface area contributed by atoms with Crippen LogP contribution in [0.25, 0.3) is 0 Å². The molecule has 1 atom stereocenters. The largest absolute Gasteiger partial charge is 0.466 e. The van der Waals surface area contributed by atoms with Crippen molar-refractivity contribution < 1.29 is 14.3 Å². The molecule has 0 aromatic carbocycles. The van der Waals surface area contributed by atoms with Gasteiger partial charge in [0.1, 0.15) is 11.0 Å². The molecule has 0 radical (unpaired) electrons. The van der Waals surface area contributed by atoms with Crippen LogP contribution in [0.1, 0.15) is 38.4 Å². The molecule has 1 amide bonds. The van der Waals surface area contributed by atoms with E-state index in [9.17, 15) is 9.59 Å². The lowest BCUT2D eigenvalue weighted by Gasteiger charge is -2.36. The average Bonchev–Trinajstić information content (AvgIpc) is 2.98. The van der Waals surface area contributed by atoms with E-state index in [1.54, 1.807) is 17.7 Å². The maximum absolute atomic E-state index is 12.6. The minimum atomic E-state index is -0.262. The van der Waals surface area contributed by atoms with Crippen LogP contribution < -0.4 is 0 Å². The molecule has 7 nitrogen and oxygen atoms in total. The van der Waals surface area contributed by atoms with Gasteiger partial charge >= 0.3 is 5.97 Å². The molecule has 8 heteroatoms. The third-order valence-corrected chi connectivity index (χ3v) is 5.08. The number of halogens is 1. The zero-order valence-corrected chi connectivity index (χ0v) is 16.7. The van der Waals surface area contributed by atoms with Crippen LogP contribution in [0, 0.1) is 0 Å². The molecule has 26 heavy (non-hydrogen) atoms. The second kappa shape index (κ2) is 9.92. The number of carbonyl (C=O) groups excluding carboxylic acids is 2. The first kappa shape index (κ1) is 20.7. The summed E-state index contributed by atoms with van der Waals surface area (Å²) in [5.74, 6) is 0.615. The highest BCUT2D eigenvalue weighted by Gasteiger charge is 2.25. The number of aromatic nitrogens is 2. The summed E-state index contributed by atoms with van der Waals surface area (Å²) in [5, 5.41) is 0.474. The van der Waals surface area contributed by atoms with Crippen molar-refractivity contribution in [1.82, 2.24) is 19.4 Å². The highest BCUT2D eigenvalue weighted by atomic mass is 35.5. The Morgan fingerprint density at radius 2 is 2.15 bits per heavy atom. The number of carbonyl (C=O) groups is 2. The zero-order valence-electron chi connectivity index (χ0n) is 15.9. The third-order valence-electron chi connectivity index (χ3n) is 4.78. The van der Waals surface area contributed by atoms with Gasteiger partial charge in [0.2, 0.25) is 5.91 Å². The Morgan fingerprint density at radius 1 is 1.38 bits per heavy atom. The minimum absolute atomic E-state index is 0.146. The molecule has 1 saturated heterocycles. The molecule has 1 aliphatic heterocycles. The molecule has 2 rings (SSSR count). The molecular formula is C18H29ClN4O3. The van der Waals surface area contributed by atoms with Crippen LogP contribution in [0.4, 0.5) is 0 Å². The highest BCUT2D eigenvalue weighted by molar-refractivity contribution is 6.29. The van der Waals surface area contributed by atoms with Gasteiger partial charge in [-0.2, -0.15) is 0 Å². The van der Waals surface area contributed by atoms with Crippen molar-refractivity contribution in [1.29, 1.82) is 0 Å². The van der Waals surface area contributed by atoms with E-state index in [0.29, 0.717) is 37.2 Å². The van der Waals surface area contributed by atoms with Crippen LogP contribution in [0.2, 0.25) is 5.15 Å². The smallest absolute Gasteiger partial charge is 0.307 e. The Balaban J connectivity index is 1.89. The summed E-state index contributed by atoms with van der Waals surface area (Å²) in [6, 6.07) is 0.425. The number of nitrogens with zero attached hydrogens (tertiary/aromatic N) is 4. The number of esters is 1. The number of likely N-dealkylation sites (N-methyl/N-ethyl adjacent to an activating group) is 1. The maximum Gasteiger partial charge on any atom is 0.307 e. The first-order valence-electron chi connectivity index (χ1n) is 9.22. The van der Waals surface area contributed by atoms with Gasteiger partial charge in [-0.15, -0.1) is 0 Å². The SMILES string of the molecule is CCOC(=O)CCn1c(Cl)cnc1CCC(=O)N1CCCC(N(C)C)C1. The predicted molar refractivity (Wildman–Crippen MR) is 100 cm³/mol. The fourth-order valence-corrected chi connectivity index (χ4v) is 3.47. The molecule has 0 N–H and O–H groups in total. The Kier molecular flexibility index (Phi) is 7.90. The molecule has 2 heterocycles. The number of likely N-dealkylation sites (tertiary alicyclic amines) is 1. The van der Waals surface area contributed by atoms with Gasteiger partial charge < -0.3 is 19.1 Å². The van der Waals surface area contributed by atoms with Gasteiger partial charge in [0.15, 0.2) is 0 Å². The van der Waals surface area contributed by atoms with Crippen LogP contribution in [0.3, 0.4) is 0 Å². The summed E-state index contributed by atoms with van der Waals surface area (Å²) in [6.45, 7) is 4.15. The fourth-order valence-electron chi connectivity index (χ4n) is 3.24. The van der Waals surface area contributed by atoms with Crippen molar-refractivity contribution in [3.05, 3.63) is 17.2 Å². The van der Waals surface area contributed by atoms with Crippen molar-refractivity contribution in [2.24, 2.45) is 0 Å². The van der Waals surface area contributed by atoms with Crippen molar-refractivity contribution in [3.63, 3.8) is 0 Å². The second-order valence-corrected chi connectivity index (χ2v) is 7.19. The van der Waals surface area contributed by atoms with Gasteiger partial charge in [0.05, 0.1) is 19.2 Å². The Bertz CT molecular complexity index is 618. The van der Waals surface area contributed by atoms with Crippen LogP contribution >= 0.6 is 11.6 Å². The number of ether oxygens (including phenoxy) is 1. The van der Waals surface area contributed by atoms with Crippen molar-refractivity contribution in [2.75, 3.05) is 33.8 Å². The molecule has 0 saturated carbocycles. The van der Waals surface area contributed by atoms with E-state index in [2.05, 4.69) is 24.0 Å². The number of rotatable bonds is 8. The van der Waals surface area contributed by atoms with Crippen LogP contribution in [0.5, 0.6) is 0 Å². The molecule has 146 valence electrons.